The minimum absolute atomic E-state index is 0.0854. The summed E-state index contributed by atoms with van der Waals surface area (Å²) in [6.07, 6.45) is 5.48. The summed E-state index contributed by atoms with van der Waals surface area (Å²) in [5.41, 5.74) is 1.36. The number of nitrogens with zero attached hydrogens (tertiary/aromatic N) is 2. The Labute approximate surface area is 141 Å². The van der Waals surface area contributed by atoms with Gasteiger partial charge in [0.25, 0.3) is 5.91 Å². The Kier molecular flexibility index (Phi) is 5.38. The summed E-state index contributed by atoms with van der Waals surface area (Å²) in [6.45, 7) is 3.49. The molecular formula is C18H22N4O2. The van der Waals surface area contributed by atoms with Gasteiger partial charge in [0.05, 0.1) is 24.5 Å². The van der Waals surface area contributed by atoms with E-state index in [1.807, 2.05) is 37.3 Å². The molecule has 126 valence electrons. The van der Waals surface area contributed by atoms with Gasteiger partial charge in [0.1, 0.15) is 11.5 Å². The number of carbonyl (C=O) groups excluding carboxylic acids is 1. The zero-order chi connectivity index (χ0) is 16.8. The zero-order valence-corrected chi connectivity index (χ0v) is 13.7. The maximum absolute atomic E-state index is 12.3. The lowest BCUT2D eigenvalue weighted by molar-refractivity contribution is 0.0934. The monoisotopic (exact) mass is 326 g/mol. The summed E-state index contributed by atoms with van der Waals surface area (Å²) < 4.78 is 5.55. The lowest BCUT2D eigenvalue weighted by Gasteiger charge is -2.14. The van der Waals surface area contributed by atoms with Crippen molar-refractivity contribution in [2.75, 3.05) is 18.5 Å². The van der Waals surface area contributed by atoms with Crippen molar-refractivity contribution in [1.82, 2.24) is 15.3 Å². The predicted octanol–water partition coefficient (Wildman–Crippen LogP) is 2.56. The minimum Gasteiger partial charge on any atom is -0.376 e. The Balaban J connectivity index is 1.53. The number of rotatable bonds is 6. The SMILES string of the molecule is CC(NC(=O)c1cnc(NCC2CCCO2)cn1)c1ccccc1. The highest BCUT2D eigenvalue weighted by Gasteiger charge is 2.16. The van der Waals surface area contributed by atoms with Crippen LogP contribution in [0.5, 0.6) is 0 Å². The second kappa shape index (κ2) is 7.88. The van der Waals surface area contributed by atoms with Crippen LogP contribution in [0.3, 0.4) is 0 Å². The first-order valence-corrected chi connectivity index (χ1v) is 8.25. The van der Waals surface area contributed by atoms with Gasteiger partial charge < -0.3 is 15.4 Å². The van der Waals surface area contributed by atoms with Gasteiger partial charge >= 0.3 is 0 Å². The molecule has 6 heteroatoms. The second-order valence-electron chi connectivity index (χ2n) is 5.91. The molecule has 1 aliphatic rings. The molecule has 0 bridgehead atoms. The molecule has 24 heavy (non-hydrogen) atoms. The Hall–Kier alpha value is -2.47. The van der Waals surface area contributed by atoms with Crippen LogP contribution in [0.2, 0.25) is 0 Å². The number of hydrogen-bond acceptors (Lipinski definition) is 5. The van der Waals surface area contributed by atoms with E-state index >= 15 is 0 Å². The van der Waals surface area contributed by atoms with Gasteiger partial charge in [-0.2, -0.15) is 0 Å². The van der Waals surface area contributed by atoms with Crippen molar-refractivity contribution in [2.24, 2.45) is 0 Å². The maximum atomic E-state index is 12.3. The molecule has 1 aliphatic heterocycles. The summed E-state index contributed by atoms with van der Waals surface area (Å²) in [6, 6.07) is 9.73. The summed E-state index contributed by atoms with van der Waals surface area (Å²) in [4.78, 5) is 20.7. The quantitative estimate of drug-likeness (QED) is 0.853. The molecular weight excluding hydrogens is 304 g/mol. The molecule has 0 aliphatic carbocycles. The molecule has 1 saturated heterocycles. The van der Waals surface area contributed by atoms with E-state index in [9.17, 15) is 4.79 Å². The molecule has 0 saturated carbocycles. The standard InChI is InChI=1S/C18H22N4O2/c1-13(14-6-3-2-4-7-14)22-18(23)16-11-21-17(12-19-16)20-10-15-8-5-9-24-15/h2-4,6-7,11-13,15H,5,8-10H2,1H3,(H,20,21)(H,22,23). The van der Waals surface area contributed by atoms with Crippen LogP contribution in [0.25, 0.3) is 0 Å². The molecule has 2 atom stereocenters. The Morgan fingerprint density at radius 3 is 2.79 bits per heavy atom. The number of anilines is 1. The van der Waals surface area contributed by atoms with Crippen LogP contribution in [0.4, 0.5) is 5.82 Å². The van der Waals surface area contributed by atoms with Gasteiger partial charge in [0.15, 0.2) is 0 Å². The molecule has 2 heterocycles. The highest BCUT2D eigenvalue weighted by Crippen LogP contribution is 2.13. The normalized spacial score (nSPS) is 18.1. The van der Waals surface area contributed by atoms with Gasteiger partial charge in [-0.3, -0.25) is 4.79 Å². The predicted molar refractivity (Wildman–Crippen MR) is 91.8 cm³/mol. The van der Waals surface area contributed by atoms with Crippen molar-refractivity contribution in [2.45, 2.75) is 31.9 Å². The summed E-state index contributed by atoms with van der Waals surface area (Å²) in [7, 11) is 0. The molecule has 2 unspecified atom stereocenters. The first-order chi connectivity index (χ1) is 11.7. The Bertz CT molecular complexity index is 654. The first kappa shape index (κ1) is 16.4. The van der Waals surface area contributed by atoms with Gasteiger partial charge in [-0.1, -0.05) is 30.3 Å². The van der Waals surface area contributed by atoms with Gasteiger partial charge in [-0.15, -0.1) is 0 Å². The van der Waals surface area contributed by atoms with Crippen LogP contribution < -0.4 is 10.6 Å². The van der Waals surface area contributed by atoms with E-state index in [1.165, 1.54) is 6.20 Å². The molecule has 3 rings (SSSR count). The summed E-state index contributed by atoms with van der Waals surface area (Å²) in [5, 5.41) is 6.12. The molecule has 0 spiro atoms. The fraction of sp³-hybridized carbons (Fsp3) is 0.389. The highest BCUT2D eigenvalue weighted by molar-refractivity contribution is 5.92. The third kappa shape index (κ3) is 4.29. The number of aromatic nitrogens is 2. The number of amides is 1. The van der Waals surface area contributed by atoms with Crippen molar-refractivity contribution in [3.05, 3.63) is 54.0 Å². The van der Waals surface area contributed by atoms with E-state index in [-0.39, 0.29) is 18.1 Å². The largest absolute Gasteiger partial charge is 0.376 e. The number of carbonyl (C=O) groups is 1. The van der Waals surface area contributed by atoms with Crippen molar-refractivity contribution in [3.8, 4) is 0 Å². The van der Waals surface area contributed by atoms with E-state index in [0.29, 0.717) is 18.1 Å². The lowest BCUT2D eigenvalue weighted by Crippen LogP contribution is -2.27. The van der Waals surface area contributed by atoms with E-state index in [1.54, 1.807) is 6.20 Å². The van der Waals surface area contributed by atoms with Crippen LogP contribution in [0.1, 0.15) is 41.9 Å². The Morgan fingerprint density at radius 1 is 1.29 bits per heavy atom. The van der Waals surface area contributed by atoms with Crippen LogP contribution in [-0.4, -0.2) is 35.1 Å². The first-order valence-electron chi connectivity index (χ1n) is 8.25. The lowest BCUT2D eigenvalue weighted by atomic mass is 10.1. The molecule has 2 aromatic rings. The van der Waals surface area contributed by atoms with Gasteiger partial charge in [-0.05, 0) is 25.3 Å². The number of ether oxygens (including phenoxy) is 1. The van der Waals surface area contributed by atoms with Gasteiger partial charge in [-0.25, -0.2) is 9.97 Å². The molecule has 6 nitrogen and oxygen atoms in total. The third-order valence-corrected chi connectivity index (χ3v) is 4.07. The number of benzene rings is 1. The molecule has 0 radical (unpaired) electrons. The van der Waals surface area contributed by atoms with Crippen molar-refractivity contribution in [3.63, 3.8) is 0 Å². The average molecular weight is 326 g/mol. The van der Waals surface area contributed by atoms with Crippen LogP contribution in [-0.2, 0) is 4.74 Å². The Morgan fingerprint density at radius 2 is 2.12 bits per heavy atom. The number of nitrogens with one attached hydrogen (secondary N) is 2. The zero-order valence-electron chi connectivity index (χ0n) is 13.7. The second-order valence-corrected chi connectivity index (χ2v) is 5.91. The maximum Gasteiger partial charge on any atom is 0.271 e. The van der Waals surface area contributed by atoms with E-state index < -0.39 is 0 Å². The summed E-state index contributed by atoms with van der Waals surface area (Å²) in [5.74, 6) is 0.419. The van der Waals surface area contributed by atoms with Crippen molar-refractivity contribution in [1.29, 1.82) is 0 Å². The molecule has 1 aromatic carbocycles. The molecule has 1 fully saturated rings. The van der Waals surface area contributed by atoms with Crippen LogP contribution in [0, 0.1) is 0 Å². The fourth-order valence-electron chi connectivity index (χ4n) is 2.66. The minimum atomic E-state index is -0.232. The van der Waals surface area contributed by atoms with Crippen LogP contribution >= 0.6 is 0 Å². The third-order valence-electron chi connectivity index (χ3n) is 4.07. The van der Waals surface area contributed by atoms with Gasteiger partial charge in [0, 0.05) is 13.2 Å². The van der Waals surface area contributed by atoms with E-state index in [4.69, 9.17) is 4.74 Å². The van der Waals surface area contributed by atoms with Crippen molar-refractivity contribution >= 4 is 11.7 Å². The topological polar surface area (TPSA) is 76.1 Å². The average Bonchev–Trinajstić information content (AvgIpc) is 3.14. The van der Waals surface area contributed by atoms with Crippen LogP contribution in [0.15, 0.2) is 42.7 Å². The van der Waals surface area contributed by atoms with E-state index in [2.05, 4.69) is 20.6 Å². The van der Waals surface area contributed by atoms with E-state index in [0.717, 1.165) is 25.0 Å². The molecule has 1 amide bonds. The molecule has 1 aromatic heterocycles. The molecule has 2 N–H and O–H groups in total. The van der Waals surface area contributed by atoms with Gasteiger partial charge in [0.2, 0.25) is 0 Å². The highest BCUT2D eigenvalue weighted by atomic mass is 16.5. The smallest absolute Gasteiger partial charge is 0.271 e. The fourth-order valence-corrected chi connectivity index (χ4v) is 2.66. The number of hydrogen-bond donors (Lipinski definition) is 2. The van der Waals surface area contributed by atoms with Crippen molar-refractivity contribution < 1.29 is 9.53 Å². The summed E-state index contributed by atoms with van der Waals surface area (Å²) >= 11 is 0.